The number of carbonyl (C=O) groups excluding carboxylic acids is 4. The number of ether oxygens (including phenoxy) is 4. The standard InChI is InChI=1S/C38H34N4O8S/c1-47-25-15-16-27(31(19-25)49-3)40-37(45)35(24-14-17-30(48-2)32(18-24)50-4)42(20-33-39-28(22-51-33)23-10-6-5-7-11-23)34(43)21-41-29-13-9-8-12-26(29)36(44)38(41)46/h5-19,22,35H,20-21H2,1-4H3,(H,40,45). The maximum Gasteiger partial charge on any atom is 0.299 e. The summed E-state index contributed by atoms with van der Waals surface area (Å²) in [5, 5.41) is 5.33. The van der Waals surface area contributed by atoms with Crippen LogP contribution in [0.5, 0.6) is 23.0 Å². The number of thiazole rings is 1. The van der Waals surface area contributed by atoms with Crippen LogP contribution in [0.15, 0.2) is 96.4 Å². The molecule has 1 aliphatic heterocycles. The van der Waals surface area contributed by atoms with E-state index >= 15 is 0 Å². The normalized spacial score (nSPS) is 12.6. The minimum atomic E-state index is -1.29. The van der Waals surface area contributed by atoms with E-state index in [0.29, 0.717) is 50.6 Å². The molecule has 1 aliphatic rings. The van der Waals surface area contributed by atoms with Gasteiger partial charge in [0.15, 0.2) is 11.5 Å². The number of amides is 3. The van der Waals surface area contributed by atoms with Crippen molar-refractivity contribution in [2.75, 3.05) is 45.2 Å². The van der Waals surface area contributed by atoms with E-state index < -0.39 is 36.1 Å². The molecule has 1 N–H and O–H groups in total. The SMILES string of the molecule is COc1ccc(NC(=O)C(c2ccc(OC)c(OC)c2)N(Cc2nc(-c3ccccc3)cs2)C(=O)CN2C(=O)C(=O)c3ccccc32)c(OC)c1. The highest BCUT2D eigenvalue weighted by atomic mass is 32.1. The van der Waals surface area contributed by atoms with Gasteiger partial charge in [0.05, 0.1) is 57.6 Å². The molecule has 0 bridgehead atoms. The van der Waals surface area contributed by atoms with Crippen LogP contribution >= 0.6 is 11.3 Å². The number of nitrogens with zero attached hydrogens (tertiary/aromatic N) is 3. The van der Waals surface area contributed by atoms with E-state index in [1.165, 1.54) is 44.7 Å². The van der Waals surface area contributed by atoms with Gasteiger partial charge in [-0.2, -0.15) is 0 Å². The largest absolute Gasteiger partial charge is 0.497 e. The third-order valence-corrected chi connectivity index (χ3v) is 9.20. The van der Waals surface area contributed by atoms with Gasteiger partial charge in [-0.15, -0.1) is 11.3 Å². The molecule has 0 spiro atoms. The van der Waals surface area contributed by atoms with Gasteiger partial charge in [-0.25, -0.2) is 4.98 Å². The number of nitrogens with one attached hydrogen (secondary N) is 1. The predicted molar refractivity (Wildman–Crippen MR) is 192 cm³/mol. The van der Waals surface area contributed by atoms with Crippen molar-refractivity contribution < 1.29 is 38.1 Å². The first-order valence-corrected chi connectivity index (χ1v) is 16.6. The van der Waals surface area contributed by atoms with Gasteiger partial charge >= 0.3 is 0 Å². The molecule has 1 aromatic heterocycles. The van der Waals surface area contributed by atoms with Crippen molar-refractivity contribution in [3.05, 3.63) is 113 Å². The van der Waals surface area contributed by atoms with E-state index in [9.17, 15) is 19.2 Å². The predicted octanol–water partition coefficient (Wildman–Crippen LogP) is 5.78. The van der Waals surface area contributed by atoms with Crippen LogP contribution in [0, 0.1) is 0 Å². The Kier molecular flexibility index (Phi) is 10.3. The molecule has 13 heteroatoms. The van der Waals surface area contributed by atoms with Gasteiger partial charge in [-0.3, -0.25) is 24.1 Å². The molecule has 1 unspecified atom stereocenters. The van der Waals surface area contributed by atoms with Crippen LogP contribution in [-0.4, -0.2) is 68.4 Å². The van der Waals surface area contributed by atoms with Crippen LogP contribution in [0.25, 0.3) is 11.3 Å². The monoisotopic (exact) mass is 706 g/mol. The minimum Gasteiger partial charge on any atom is -0.497 e. The highest BCUT2D eigenvalue weighted by Crippen LogP contribution is 2.37. The second-order valence-corrected chi connectivity index (χ2v) is 12.3. The number of aromatic nitrogens is 1. The number of ketones is 1. The molecule has 0 saturated carbocycles. The fourth-order valence-electron chi connectivity index (χ4n) is 5.82. The topological polar surface area (TPSA) is 137 Å². The van der Waals surface area contributed by atoms with E-state index in [1.807, 2.05) is 35.7 Å². The van der Waals surface area contributed by atoms with Crippen molar-refractivity contribution >= 4 is 46.2 Å². The van der Waals surface area contributed by atoms with E-state index in [-0.39, 0.29) is 12.1 Å². The molecular formula is C38H34N4O8S. The van der Waals surface area contributed by atoms with E-state index in [2.05, 4.69) is 5.32 Å². The van der Waals surface area contributed by atoms with Gasteiger partial charge in [0.1, 0.15) is 29.1 Å². The molecule has 4 aromatic carbocycles. The molecule has 51 heavy (non-hydrogen) atoms. The summed E-state index contributed by atoms with van der Waals surface area (Å²) < 4.78 is 21.9. The average molecular weight is 707 g/mol. The highest BCUT2D eigenvalue weighted by Gasteiger charge is 2.40. The van der Waals surface area contributed by atoms with Crippen molar-refractivity contribution in [1.82, 2.24) is 9.88 Å². The van der Waals surface area contributed by atoms with E-state index in [1.54, 1.807) is 60.7 Å². The number of para-hydroxylation sites is 1. The molecule has 0 saturated heterocycles. The molecule has 5 aromatic rings. The Hall–Kier alpha value is -6.21. The van der Waals surface area contributed by atoms with Crippen LogP contribution < -0.4 is 29.2 Å². The van der Waals surface area contributed by atoms with Crippen molar-refractivity contribution in [2.24, 2.45) is 0 Å². The van der Waals surface area contributed by atoms with E-state index in [4.69, 9.17) is 23.9 Å². The zero-order valence-corrected chi connectivity index (χ0v) is 29.1. The number of hydrogen-bond donors (Lipinski definition) is 1. The number of hydrogen-bond acceptors (Lipinski definition) is 10. The van der Waals surface area contributed by atoms with Crippen LogP contribution in [0.1, 0.15) is 27.0 Å². The number of methoxy groups -OCH3 is 4. The van der Waals surface area contributed by atoms with Crippen molar-refractivity contribution in [3.63, 3.8) is 0 Å². The van der Waals surface area contributed by atoms with Gasteiger partial charge in [0.25, 0.3) is 17.6 Å². The van der Waals surface area contributed by atoms with Crippen molar-refractivity contribution in [1.29, 1.82) is 0 Å². The fraction of sp³-hybridized carbons (Fsp3) is 0.184. The summed E-state index contributed by atoms with van der Waals surface area (Å²) in [6.45, 7) is -0.623. The summed E-state index contributed by atoms with van der Waals surface area (Å²) in [6.07, 6.45) is 0. The second kappa shape index (κ2) is 15.1. The van der Waals surface area contributed by atoms with Gasteiger partial charge in [-0.05, 0) is 42.0 Å². The smallest absolute Gasteiger partial charge is 0.299 e. The molecule has 2 heterocycles. The fourth-order valence-corrected chi connectivity index (χ4v) is 6.63. The lowest BCUT2D eigenvalue weighted by molar-refractivity contribution is -0.139. The van der Waals surface area contributed by atoms with Crippen LogP contribution in [0.2, 0.25) is 0 Å². The zero-order chi connectivity index (χ0) is 36.1. The summed E-state index contributed by atoms with van der Waals surface area (Å²) >= 11 is 1.32. The van der Waals surface area contributed by atoms with Crippen LogP contribution in [0.4, 0.5) is 11.4 Å². The Balaban J connectivity index is 1.45. The molecule has 1 atom stereocenters. The Labute approximate surface area is 298 Å². The number of fused-ring (bicyclic) bond motifs is 1. The maximum absolute atomic E-state index is 14.6. The van der Waals surface area contributed by atoms with Crippen molar-refractivity contribution in [2.45, 2.75) is 12.6 Å². The zero-order valence-electron chi connectivity index (χ0n) is 28.2. The van der Waals surface area contributed by atoms with Gasteiger partial charge in [0.2, 0.25) is 5.91 Å². The molecule has 6 rings (SSSR count). The summed E-state index contributed by atoms with van der Waals surface area (Å²) in [7, 11) is 5.94. The first kappa shape index (κ1) is 34.6. The van der Waals surface area contributed by atoms with Gasteiger partial charge in [0, 0.05) is 17.0 Å². The first-order valence-electron chi connectivity index (χ1n) is 15.8. The Bertz CT molecular complexity index is 2100. The molecule has 260 valence electrons. The van der Waals surface area contributed by atoms with Crippen LogP contribution in [-0.2, 0) is 20.9 Å². The lowest BCUT2D eigenvalue weighted by Gasteiger charge is -2.32. The highest BCUT2D eigenvalue weighted by molar-refractivity contribution is 7.09. The van der Waals surface area contributed by atoms with E-state index in [0.717, 1.165) is 10.5 Å². The Morgan fingerprint density at radius 3 is 2.27 bits per heavy atom. The Morgan fingerprint density at radius 1 is 0.824 bits per heavy atom. The third kappa shape index (κ3) is 7.10. The summed E-state index contributed by atoms with van der Waals surface area (Å²) in [5.41, 5.74) is 2.82. The minimum absolute atomic E-state index is 0.111. The number of Topliss-reactive ketones (excluding diaryl/α,β-unsaturated/α-hetero) is 1. The quantitative estimate of drug-likeness (QED) is 0.151. The molecular weight excluding hydrogens is 673 g/mol. The molecule has 12 nitrogen and oxygen atoms in total. The molecule has 0 fully saturated rings. The maximum atomic E-state index is 14.6. The summed E-state index contributed by atoms with van der Waals surface area (Å²) in [4.78, 5) is 62.5. The number of benzene rings is 4. The number of rotatable bonds is 13. The average Bonchev–Trinajstić information content (AvgIpc) is 3.73. The number of anilines is 2. The Morgan fingerprint density at radius 2 is 1.55 bits per heavy atom. The third-order valence-electron chi connectivity index (χ3n) is 8.37. The van der Waals surface area contributed by atoms with Crippen LogP contribution in [0.3, 0.4) is 0 Å². The van der Waals surface area contributed by atoms with Crippen molar-refractivity contribution in [3.8, 4) is 34.3 Å². The summed E-state index contributed by atoms with van der Waals surface area (Å²) in [5.74, 6) is -1.15. The summed E-state index contributed by atoms with van der Waals surface area (Å²) in [6, 6.07) is 24.6. The van der Waals surface area contributed by atoms with Gasteiger partial charge < -0.3 is 29.2 Å². The lowest BCUT2D eigenvalue weighted by atomic mass is 10.0. The second-order valence-electron chi connectivity index (χ2n) is 11.3. The lowest BCUT2D eigenvalue weighted by Crippen LogP contribution is -2.46. The van der Waals surface area contributed by atoms with Gasteiger partial charge in [-0.1, -0.05) is 48.5 Å². The first-order chi connectivity index (χ1) is 24.8. The molecule has 0 aliphatic carbocycles. The number of carbonyl (C=O) groups is 4. The molecule has 3 amide bonds. The molecule has 0 radical (unpaired) electrons.